The van der Waals surface area contributed by atoms with Gasteiger partial charge in [-0.15, -0.1) is 0 Å². The van der Waals surface area contributed by atoms with E-state index in [2.05, 4.69) is 0 Å². The summed E-state index contributed by atoms with van der Waals surface area (Å²) < 4.78 is 0. The first-order valence-corrected chi connectivity index (χ1v) is 6.58. The minimum Gasteiger partial charge on any atom is -0.479 e. The summed E-state index contributed by atoms with van der Waals surface area (Å²) in [6.45, 7) is 1.20. The fraction of sp³-hybridized carbons (Fsp3) is 0.125. The van der Waals surface area contributed by atoms with Crippen molar-refractivity contribution in [3.05, 3.63) is 60.7 Å². The molecule has 1 atom stereocenters. The summed E-state index contributed by atoms with van der Waals surface area (Å²) in [5, 5.41) is 23.4. The van der Waals surface area contributed by atoms with Crippen LogP contribution in [-0.2, 0) is 4.79 Å². The maximum Gasteiger partial charge on any atom is 0.332 e. The zero-order valence-electron chi connectivity index (χ0n) is 12.2. The summed E-state index contributed by atoms with van der Waals surface area (Å²) in [4.78, 5) is 11.1. The summed E-state index contributed by atoms with van der Waals surface area (Å²) in [7, 11) is 0. The first-order valence-electron chi connectivity index (χ1n) is 6.58. The van der Waals surface area contributed by atoms with Crippen LogP contribution in [-0.4, -0.2) is 28.2 Å². The lowest BCUT2D eigenvalue weighted by atomic mass is 10.2. The third kappa shape index (κ3) is 5.26. The van der Waals surface area contributed by atoms with E-state index < -0.39 is 12.1 Å². The highest BCUT2D eigenvalue weighted by atomic mass is 16.4. The molecule has 0 heterocycles. The first kappa shape index (κ1) is 17.2. The van der Waals surface area contributed by atoms with Crippen molar-refractivity contribution in [2.75, 3.05) is 4.90 Å². The van der Waals surface area contributed by atoms with Crippen molar-refractivity contribution in [3.8, 4) is 0 Å². The molecule has 0 bridgehead atoms. The number of aliphatic carboxylic acids is 1. The van der Waals surface area contributed by atoms with Gasteiger partial charge in [0.2, 0.25) is 0 Å². The molecule has 0 aromatic heterocycles. The molecule has 0 saturated heterocycles. The molecule has 5 N–H and O–H groups in total. The minimum atomic E-state index is -1.23. The maximum atomic E-state index is 9.45. The number of carbonyl (C=O) groups is 1. The van der Waals surface area contributed by atoms with Gasteiger partial charge in [0.1, 0.15) is 6.10 Å². The number of nitrogens with one attached hydrogen (secondary N) is 1. The van der Waals surface area contributed by atoms with Crippen LogP contribution in [0.5, 0.6) is 0 Å². The average molecular weight is 301 g/mol. The van der Waals surface area contributed by atoms with E-state index in [0.717, 1.165) is 11.4 Å². The third-order valence-corrected chi connectivity index (χ3v) is 2.63. The highest BCUT2D eigenvalue weighted by Gasteiger charge is 2.10. The molecule has 0 fully saturated rings. The van der Waals surface area contributed by atoms with Gasteiger partial charge < -0.3 is 15.9 Å². The third-order valence-electron chi connectivity index (χ3n) is 2.63. The van der Waals surface area contributed by atoms with Crippen LogP contribution in [0, 0.1) is 5.41 Å². The highest BCUT2D eigenvalue weighted by molar-refractivity contribution is 5.99. The number of anilines is 2. The van der Waals surface area contributed by atoms with Crippen molar-refractivity contribution in [3.63, 3.8) is 0 Å². The van der Waals surface area contributed by atoms with Crippen molar-refractivity contribution in [2.45, 2.75) is 13.0 Å². The van der Waals surface area contributed by atoms with Gasteiger partial charge in [-0.1, -0.05) is 36.4 Å². The van der Waals surface area contributed by atoms with Crippen molar-refractivity contribution in [2.24, 2.45) is 5.73 Å². The second-order valence-corrected chi connectivity index (χ2v) is 4.41. The summed E-state index contributed by atoms with van der Waals surface area (Å²) in [5.41, 5.74) is 7.39. The maximum absolute atomic E-state index is 9.45. The Morgan fingerprint density at radius 3 is 1.59 bits per heavy atom. The Bertz CT molecular complexity index is 561. The van der Waals surface area contributed by atoms with E-state index in [0.29, 0.717) is 0 Å². The zero-order valence-corrected chi connectivity index (χ0v) is 12.2. The van der Waals surface area contributed by atoms with Crippen molar-refractivity contribution in [1.29, 1.82) is 5.41 Å². The number of hydrogen-bond acceptors (Lipinski definition) is 3. The van der Waals surface area contributed by atoms with Crippen LogP contribution in [0.3, 0.4) is 0 Å². The minimum absolute atomic E-state index is 0.0115. The Morgan fingerprint density at radius 2 is 1.36 bits per heavy atom. The number of carboxylic acid groups (broad SMARTS) is 1. The molecule has 0 amide bonds. The van der Waals surface area contributed by atoms with E-state index in [1.165, 1.54) is 6.92 Å². The molecule has 2 rings (SSSR count). The number of nitrogens with zero attached hydrogens (tertiary/aromatic N) is 1. The molecule has 6 nitrogen and oxygen atoms in total. The lowest BCUT2D eigenvalue weighted by Gasteiger charge is -2.22. The Balaban J connectivity index is 0.000000346. The van der Waals surface area contributed by atoms with E-state index in [1.54, 1.807) is 4.90 Å². The number of nitrogens with two attached hydrogens (primary N) is 1. The molecule has 0 aliphatic heterocycles. The van der Waals surface area contributed by atoms with Crippen LogP contribution in [0.1, 0.15) is 6.92 Å². The molecule has 2 aromatic carbocycles. The quantitative estimate of drug-likeness (QED) is 0.513. The average Bonchev–Trinajstić information content (AvgIpc) is 2.50. The number of guanidine groups is 1. The molecule has 0 radical (unpaired) electrons. The molecular weight excluding hydrogens is 282 g/mol. The first-order chi connectivity index (χ1) is 10.4. The van der Waals surface area contributed by atoms with Crippen LogP contribution in [0.25, 0.3) is 0 Å². The predicted molar refractivity (Wildman–Crippen MR) is 86.3 cm³/mol. The zero-order chi connectivity index (χ0) is 16.5. The van der Waals surface area contributed by atoms with Crippen LogP contribution in [0.15, 0.2) is 60.7 Å². The van der Waals surface area contributed by atoms with Crippen LogP contribution in [0.4, 0.5) is 11.4 Å². The smallest absolute Gasteiger partial charge is 0.332 e. The monoisotopic (exact) mass is 301 g/mol. The number of rotatable bonds is 3. The van der Waals surface area contributed by atoms with Gasteiger partial charge in [-0.25, -0.2) is 4.79 Å². The van der Waals surface area contributed by atoms with Crippen molar-refractivity contribution >= 4 is 23.3 Å². The Hall–Kier alpha value is -2.86. The molecule has 0 aliphatic carbocycles. The number of hydrogen-bond donors (Lipinski definition) is 4. The second kappa shape index (κ2) is 8.43. The Morgan fingerprint density at radius 1 is 1.05 bits per heavy atom. The van der Waals surface area contributed by atoms with E-state index in [4.69, 9.17) is 21.4 Å². The van der Waals surface area contributed by atoms with E-state index in [1.807, 2.05) is 60.7 Å². The normalized spacial score (nSPS) is 10.8. The van der Waals surface area contributed by atoms with Gasteiger partial charge >= 0.3 is 5.97 Å². The fourth-order valence-electron chi connectivity index (χ4n) is 1.58. The molecule has 116 valence electrons. The highest BCUT2D eigenvalue weighted by Crippen LogP contribution is 2.23. The summed E-state index contributed by atoms with van der Waals surface area (Å²) in [6.07, 6.45) is -1.23. The van der Waals surface area contributed by atoms with Crippen molar-refractivity contribution < 1.29 is 15.0 Å². The molecule has 2 aromatic rings. The number of benzene rings is 2. The molecule has 0 saturated carbocycles. The summed E-state index contributed by atoms with van der Waals surface area (Å²) >= 11 is 0. The fourth-order valence-corrected chi connectivity index (χ4v) is 1.58. The largest absolute Gasteiger partial charge is 0.479 e. The Labute approximate surface area is 128 Å². The molecule has 0 spiro atoms. The predicted octanol–water partition coefficient (Wildman–Crippen LogP) is 2.17. The van der Waals surface area contributed by atoms with Gasteiger partial charge in [0.25, 0.3) is 0 Å². The number of para-hydroxylation sites is 2. The lowest BCUT2D eigenvalue weighted by Crippen LogP contribution is -2.32. The number of carboxylic acids is 1. The molecule has 22 heavy (non-hydrogen) atoms. The van der Waals surface area contributed by atoms with E-state index >= 15 is 0 Å². The standard InChI is InChI=1S/C13H13N3.C3H6O3/c14-13(15)16(11-7-3-1-4-8-11)12-9-5-2-6-10-12;1-2(4)3(5)6/h1-10H,(H3,14,15);2,4H,1H3,(H,5,6). The lowest BCUT2D eigenvalue weighted by molar-refractivity contribution is -0.145. The van der Waals surface area contributed by atoms with Crippen LogP contribution < -0.4 is 10.6 Å². The summed E-state index contributed by atoms with van der Waals surface area (Å²) in [6, 6.07) is 19.3. The van der Waals surface area contributed by atoms with Gasteiger partial charge in [-0.3, -0.25) is 10.3 Å². The van der Waals surface area contributed by atoms with Gasteiger partial charge in [-0.05, 0) is 31.2 Å². The Kier molecular flexibility index (Phi) is 6.59. The molecular formula is C16H19N3O3. The molecule has 0 aliphatic rings. The van der Waals surface area contributed by atoms with E-state index in [9.17, 15) is 4.79 Å². The van der Waals surface area contributed by atoms with Gasteiger partial charge in [0.15, 0.2) is 5.96 Å². The van der Waals surface area contributed by atoms with Crippen LogP contribution in [0.2, 0.25) is 0 Å². The summed E-state index contributed by atoms with van der Waals surface area (Å²) in [5.74, 6) is -1.17. The SMILES string of the molecule is CC(O)C(=O)O.N=C(N)N(c1ccccc1)c1ccccc1. The molecule has 1 unspecified atom stereocenters. The van der Waals surface area contributed by atoms with Crippen LogP contribution >= 0.6 is 0 Å². The second-order valence-electron chi connectivity index (χ2n) is 4.41. The van der Waals surface area contributed by atoms with Gasteiger partial charge in [-0.2, -0.15) is 0 Å². The topological polar surface area (TPSA) is 111 Å². The van der Waals surface area contributed by atoms with Crippen molar-refractivity contribution in [1.82, 2.24) is 0 Å². The van der Waals surface area contributed by atoms with Gasteiger partial charge in [0, 0.05) is 11.4 Å². The van der Waals surface area contributed by atoms with E-state index in [-0.39, 0.29) is 5.96 Å². The molecule has 6 heteroatoms. The van der Waals surface area contributed by atoms with Gasteiger partial charge in [0.05, 0.1) is 0 Å². The number of aliphatic hydroxyl groups excluding tert-OH is 1. The number of aliphatic hydroxyl groups is 1.